The molecule has 2 nitrogen and oxygen atoms in total. The zero-order valence-electron chi connectivity index (χ0n) is 9.66. The Morgan fingerprint density at radius 2 is 2.13 bits per heavy atom. The van der Waals surface area contributed by atoms with Gasteiger partial charge in [-0.2, -0.15) is 0 Å². The van der Waals surface area contributed by atoms with Gasteiger partial charge in [-0.3, -0.25) is 0 Å². The summed E-state index contributed by atoms with van der Waals surface area (Å²) in [6.07, 6.45) is 5.01. The highest BCUT2D eigenvalue weighted by Gasteiger charge is 2.01. The summed E-state index contributed by atoms with van der Waals surface area (Å²) in [6.45, 7) is 4.40. The van der Waals surface area contributed by atoms with Crippen LogP contribution in [0.4, 0.5) is 5.69 Å². The van der Waals surface area contributed by atoms with Gasteiger partial charge in [-0.25, -0.2) is 0 Å². The summed E-state index contributed by atoms with van der Waals surface area (Å²) in [5, 5.41) is 12.7. The largest absolute Gasteiger partial charge is 0.508 e. The van der Waals surface area contributed by atoms with Crippen molar-refractivity contribution >= 4 is 5.69 Å². The molecule has 0 aliphatic heterocycles. The molecular weight excluding hydrogens is 186 g/mol. The van der Waals surface area contributed by atoms with E-state index in [1.807, 2.05) is 12.1 Å². The summed E-state index contributed by atoms with van der Waals surface area (Å²) in [5.41, 5.74) is 0.999. The van der Waals surface area contributed by atoms with E-state index < -0.39 is 0 Å². The lowest BCUT2D eigenvalue weighted by Crippen LogP contribution is -2.14. The van der Waals surface area contributed by atoms with Gasteiger partial charge < -0.3 is 10.4 Å². The average Bonchev–Trinajstić information content (AvgIpc) is 2.18. The van der Waals surface area contributed by atoms with Crippen LogP contribution in [0.2, 0.25) is 0 Å². The van der Waals surface area contributed by atoms with E-state index in [1.54, 1.807) is 12.1 Å². The Morgan fingerprint density at radius 1 is 1.33 bits per heavy atom. The van der Waals surface area contributed by atoms with Crippen molar-refractivity contribution in [1.29, 1.82) is 0 Å². The van der Waals surface area contributed by atoms with E-state index in [1.165, 1.54) is 25.7 Å². The molecule has 2 heteroatoms. The molecule has 0 heterocycles. The fourth-order valence-electron chi connectivity index (χ4n) is 1.65. The maximum atomic E-state index is 9.30. The summed E-state index contributed by atoms with van der Waals surface area (Å²) >= 11 is 0. The molecule has 0 saturated carbocycles. The molecule has 0 bridgehead atoms. The fraction of sp³-hybridized carbons (Fsp3) is 0.538. The van der Waals surface area contributed by atoms with E-state index in [0.717, 1.165) is 5.69 Å². The summed E-state index contributed by atoms with van der Waals surface area (Å²) < 4.78 is 0. The van der Waals surface area contributed by atoms with Gasteiger partial charge in [0.25, 0.3) is 0 Å². The topological polar surface area (TPSA) is 32.3 Å². The van der Waals surface area contributed by atoms with Crippen molar-refractivity contribution < 1.29 is 5.11 Å². The van der Waals surface area contributed by atoms with Crippen molar-refractivity contribution in [2.45, 2.75) is 45.6 Å². The Balaban J connectivity index is 2.34. The van der Waals surface area contributed by atoms with Crippen molar-refractivity contribution in [2.75, 3.05) is 5.32 Å². The highest BCUT2D eigenvalue weighted by molar-refractivity contribution is 5.48. The monoisotopic (exact) mass is 207 g/mol. The molecular formula is C13H21NO. The maximum absolute atomic E-state index is 9.30. The molecule has 0 aromatic heterocycles. The first-order chi connectivity index (χ1) is 7.22. The average molecular weight is 207 g/mol. The highest BCUT2D eigenvalue weighted by atomic mass is 16.3. The number of phenolic OH excluding ortho intramolecular Hbond substituents is 1. The normalized spacial score (nSPS) is 12.4. The molecule has 0 saturated heterocycles. The number of nitrogens with one attached hydrogen (secondary N) is 1. The van der Waals surface area contributed by atoms with E-state index in [0.29, 0.717) is 11.8 Å². The number of phenols is 1. The lowest BCUT2D eigenvalue weighted by molar-refractivity contribution is 0.475. The first-order valence-corrected chi connectivity index (χ1v) is 5.78. The second-order valence-corrected chi connectivity index (χ2v) is 4.09. The van der Waals surface area contributed by atoms with Crippen LogP contribution in [-0.2, 0) is 0 Å². The van der Waals surface area contributed by atoms with Crippen LogP contribution in [0.25, 0.3) is 0 Å². The van der Waals surface area contributed by atoms with Gasteiger partial charge in [-0.15, -0.1) is 0 Å². The SMILES string of the molecule is CCCCCC(C)Nc1cccc(O)c1. The van der Waals surface area contributed by atoms with Crippen LogP contribution in [0, 0.1) is 0 Å². The second-order valence-electron chi connectivity index (χ2n) is 4.09. The number of hydrogen-bond acceptors (Lipinski definition) is 2. The fourth-order valence-corrected chi connectivity index (χ4v) is 1.65. The predicted molar refractivity (Wildman–Crippen MR) is 65.3 cm³/mol. The molecule has 84 valence electrons. The minimum absolute atomic E-state index is 0.320. The van der Waals surface area contributed by atoms with E-state index in [4.69, 9.17) is 0 Å². The van der Waals surface area contributed by atoms with Crippen LogP contribution < -0.4 is 5.32 Å². The Morgan fingerprint density at radius 3 is 2.80 bits per heavy atom. The molecule has 0 amide bonds. The van der Waals surface area contributed by atoms with Gasteiger partial charge in [0.2, 0.25) is 0 Å². The smallest absolute Gasteiger partial charge is 0.117 e. The minimum atomic E-state index is 0.320. The molecule has 0 aliphatic rings. The summed E-state index contributed by atoms with van der Waals surface area (Å²) in [4.78, 5) is 0. The van der Waals surface area contributed by atoms with Crippen molar-refractivity contribution in [3.8, 4) is 5.75 Å². The second kappa shape index (κ2) is 6.33. The van der Waals surface area contributed by atoms with Gasteiger partial charge in [0.1, 0.15) is 5.75 Å². The van der Waals surface area contributed by atoms with E-state index in [9.17, 15) is 5.11 Å². The van der Waals surface area contributed by atoms with E-state index in [-0.39, 0.29) is 0 Å². The molecule has 0 aliphatic carbocycles. The molecule has 1 aromatic carbocycles. The minimum Gasteiger partial charge on any atom is -0.508 e. The van der Waals surface area contributed by atoms with Crippen LogP contribution in [-0.4, -0.2) is 11.1 Å². The van der Waals surface area contributed by atoms with Crippen LogP contribution in [0.3, 0.4) is 0 Å². The molecule has 0 radical (unpaired) electrons. The number of aromatic hydroxyl groups is 1. The Labute approximate surface area is 92.3 Å². The van der Waals surface area contributed by atoms with E-state index in [2.05, 4.69) is 19.2 Å². The Bertz CT molecular complexity index is 286. The quantitative estimate of drug-likeness (QED) is 0.696. The summed E-state index contributed by atoms with van der Waals surface area (Å²) in [5.74, 6) is 0.320. The van der Waals surface area contributed by atoms with Gasteiger partial charge in [0, 0.05) is 17.8 Å². The first kappa shape index (κ1) is 11.9. The van der Waals surface area contributed by atoms with Crippen molar-refractivity contribution in [1.82, 2.24) is 0 Å². The number of rotatable bonds is 6. The van der Waals surface area contributed by atoms with Gasteiger partial charge in [0.05, 0.1) is 0 Å². The third kappa shape index (κ3) is 4.73. The number of benzene rings is 1. The van der Waals surface area contributed by atoms with Gasteiger partial charge in [0.15, 0.2) is 0 Å². The van der Waals surface area contributed by atoms with Crippen LogP contribution in [0.1, 0.15) is 39.5 Å². The van der Waals surface area contributed by atoms with Gasteiger partial charge in [-0.05, 0) is 25.5 Å². The third-order valence-electron chi connectivity index (χ3n) is 2.50. The van der Waals surface area contributed by atoms with Crippen molar-refractivity contribution in [3.63, 3.8) is 0 Å². The lowest BCUT2D eigenvalue weighted by atomic mass is 10.1. The zero-order valence-corrected chi connectivity index (χ0v) is 9.66. The predicted octanol–water partition coefficient (Wildman–Crippen LogP) is 3.77. The number of unbranched alkanes of at least 4 members (excludes halogenated alkanes) is 2. The lowest BCUT2D eigenvalue weighted by Gasteiger charge is -2.14. The molecule has 0 spiro atoms. The Kier molecular flexibility index (Phi) is 5.02. The highest BCUT2D eigenvalue weighted by Crippen LogP contribution is 2.17. The zero-order chi connectivity index (χ0) is 11.1. The standard InChI is InChI=1S/C13H21NO/c1-3-4-5-7-11(2)14-12-8-6-9-13(15)10-12/h6,8-11,14-15H,3-5,7H2,1-2H3. The van der Waals surface area contributed by atoms with Gasteiger partial charge in [-0.1, -0.05) is 32.3 Å². The maximum Gasteiger partial charge on any atom is 0.117 e. The summed E-state index contributed by atoms with van der Waals surface area (Å²) in [7, 11) is 0. The van der Waals surface area contributed by atoms with Crippen molar-refractivity contribution in [2.24, 2.45) is 0 Å². The van der Waals surface area contributed by atoms with Crippen LogP contribution in [0.15, 0.2) is 24.3 Å². The van der Waals surface area contributed by atoms with E-state index >= 15 is 0 Å². The molecule has 15 heavy (non-hydrogen) atoms. The molecule has 1 rings (SSSR count). The molecule has 1 unspecified atom stereocenters. The van der Waals surface area contributed by atoms with Crippen molar-refractivity contribution in [3.05, 3.63) is 24.3 Å². The number of hydrogen-bond donors (Lipinski definition) is 2. The van der Waals surface area contributed by atoms with Gasteiger partial charge >= 0.3 is 0 Å². The Hall–Kier alpha value is -1.18. The van der Waals surface area contributed by atoms with Crippen LogP contribution >= 0.6 is 0 Å². The van der Waals surface area contributed by atoms with Crippen LogP contribution in [0.5, 0.6) is 5.75 Å². The third-order valence-corrected chi connectivity index (χ3v) is 2.50. The molecule has 2 N–H and O–H groups in total. The first-order valence-electron chi connectivity index (χ1n) is 5.78. The number of anilines is 1. The molecule has 1 atom stereocenters. The molecule has 1 aromatic rings. The molecule has 0 fully saturated rings. The summed E-state index contributed by atoms with van der Waals surface area (Å²) in [6, 6.07) is 7.76.